The van der Waals surface area contributed by atoms with Crippen molar-refractivity contribution in [3.63, 3.8) is 0 Å². The molecule has 0 saturated heterocycles. The van der Waals surface area contributed by atoms with E-state index in [0.717, 1.165) is 16.4 Å². The van der Waals surface area contributed by atoms with Crippen molar-refractivity contribution in [2.75, 3.05) is 6.61 Å². The van der Waals surface area contributed by atoms with Crippen LogP contribution in [0.5, 0.6) is 5.75 Å². The fourth-order valence-corrected chi connectivity index (χ4v) is 6.28. The van der Waals surface area contributed by atoms with Crippen molar-refractivity contribution in [1.82, 2.24) is 0 Å². The minimum atomic E-state index is -2.38. The van der Waals surface area contributed by atoms with E-state index in [1.165, 1.54) is 6.21 Å². The van der Waals surface area contributed by atoms with Crippen molar-refractivity contribution in [1.29, 1.82) is 0 Å². The highest BCUT2D eigenvalue weighted by atomic mass is 127. The number of aliphatic hydroxyl groups excluding tert-OH is 1. The zero-order chi connectivity index (χ0) is 28.9. The number of carbonyl (C=O) groups excluding carboxylic acids is 1. The van der Waals surface area contributed by atoms with Gasteiger partial charge >= 0.3 is 5.97 Å². The number of nitrogens with zero attached hydrogens (tertiary/aromatic N) is 1. The van der Waals surface area contributed by atoms with Gasteiger partial charge < -0.3 is 19.4 Å². The van der Waals surface area contributed by atoms with Gasteiger partial charge in [-0.25, -0.2) is 4.79 Å². The third-order valence-corrected chi connectivity index (χ3v) is 12.7. The highest BCUT2D eigenvalue weighted by Crippen LogP contribution is 2.42. The number of aliphatic imine (C=N–C) groups is 1. The molecule has 1 atom stereocenters. The van der Waals surface area contributed by atoms with Crippen molar-refractivity contribution in [3.8, 4) is 5.75 Å². The average molecular weight is 778 g/mol. The number of halogens is 3. The van der Waals surface area contributed by atoms with Crippen molar-refractivity contribution >= 4 is 83.0 Å². The summed E-state index contributed by atoms with van der Waals surface area (Å²) in [6.07, 6.45) is 2.87. The molecule has 0 spiro atoms. The van der Waals surface area contributed by atoms with Crippen LogP contribution in [0.3, 0.4) is 0 Å². The maximum atomic E-state index is 12.9. The molecule has 0 amide bonds. The Hall–Kier alpha value is -0.373. The SMILES string of the molecule is CCOC(=O)C(C=NC(CCC(C)(C)[Si](C)(C)O)C(C)(C)C)=C(O)c1cc(I)c(OC(C)C)c(I)c1Cl. The first-order chi connectivity index (χ1) is 16.7. The number of rotatable bonds is 11. The third-order valence-electron chi connectivity index (χ3n) is 6.56. The number of hydrogen-bond acceptors (Lipinski definition) is 6. The van der Waals surface area contributed by atoms with E-state index >= 15 is 0 Å². The van der Waals surface area contributed by atoms with Gasteiger partial charge in [0.25, 0.3) is 0 Å². The van der Waals surface area contributed by atoms with E-state index in [1.54, 1.807) is 13.0 Å². The summed E-state index contributed by atoms with van der Waals surface area (Å²) >= 11 is 10.9. The van der Waals surface area contributed by atoms with E-state index < -0.39 is 14.3 Å². The molecule has 0 aliphatic rings. The van der Waals surface area contributed by atoms with Crippen LogP contribution in [0.25, 0.3) is 5.76 Å². The van der Waals surface area contributed by atoms with Gasteiger partial charge in [-0.05, 0) is 108 Å². The molecule has 0 aliphatic carbocycles. The fourth-order valence-electron chi connectivity index (χ4n) is 3.36. The van der Waals surface area contributed by atoms with E-state index in [-0.39, 0.29) is 45.6 Å². The predicted octanol–water partition coefficient (Wildman–Crippen LogP) is 8.41. The van der Waals surface area contributed by atoms with Crippen LogP contribution in [0.4, 0.5) is 0 Å². The largest absolute Gasteiger partial charge is 0.506 e. The highest BCUT2D eigenvalue weighted by Gasteiger charge is 2.39. The van der Waals surface area contributed by atoms with E-state index in [0.29, 0.717) is 14.9 Å². The topological polar surface area (TPSA) is 88.4 Å². The van der Waals surface area contributed by atoms with Crippen LogP contribution in [0.2, 0.25) is 23.2 Å². The molecule has 1 rings (SSSR count). The van der Waals surface area contributed by atoms with Gasteiger partial charge in [-0.2, -0.15) is 0 Å². The zero-order valence-electron chi connectivity index (χ0n) is 23.6. The first-order valence-corrected chi connectivity index (χ1v) is 17.9. The second-order valence-corrected chi connectivity index (χ2v) is 18.7. The Balaban J connectivity index is 3.59. The Morgan fingerprint density at radius 2 is 1.78 bits per heavy atom. The number of aliphatic hydroxyl groups is 1. The molecule has 0 bridgehead atoms. The molecule has 37 heavy (non-hydrogen) atoms. The van der Waals surface area contributed by atoms with E-state index in [9.17, 15) is 14.7 Å². The lowest BCUT2D eigenvalue weighted by Gasteiger charge is -2.37. The van der Waals surface area contributed by atoms with Crippen LogP contribution in [0, 0.1) is 12.6 Å². The summed E-state index contributed by atoms with van der Waals surface area (Å²) in [7, 11) is -2.38. The maximum Gasteiger partial charge on any atom is 0.343 e. The maximum absolute atomic E-state index is 12.9. The molecule has 0 radical (unpaired) electrons. The van der Waals surface area contributed by atoms with Crippen LogP contribution in [0.1, 0.15) is 73.8 Å². The first kappa shape index (κ1) is 34.7. The average Bonchev–Trinajstić information content (AvgIpc) is 2.74. The summed E-state index contributed by atoms with van der Waals surface area (Å²) < 4.78 is 12.6. The van der Waals surface area contributed by atoms with E-state index in [2.05, 4.69) is 79.8 Å². The van der Waals surface area contributed by atoms with Crippen LogP contribution in [-0.4, -0.2) is 49.2 Å². The lowest BCUT2D eigenvalue weighted by Crippen LogP contribution is -2.40. The lowest BCUT2D eigenvalue weighted by atomic mass is 9.83. The molecule has 0 heterocycles. The molecule has 210 valence electrons. The van der Waals surface area contributed by atoms with Gasteiger partial charge in [0.15, 0.2) is 8.32 Å². The number of hydrogen-bond donors (Lipinski definition) is 2. The van der Waals surface area contributed by atoms with Gasteiger partial charge in [-0.15, -0.1) is 0 Å². The van der Waals surface area contributed by atoms with E-state index in [4.69, 9.17) is 26.1 Å². The molecular weight excluding hydrogens is 736 g/mol. The molecule has 0 aromatic heterocycles. The third kappa shape index (κ3) is 9.65. The summed E-state index contributed by atoms with van der Waals surface area (Å²) in [5, 5.41) is 11.4. The normalized spacial score (nSPS) is 14.7. The van der Waals surface area contributed by atoms with Crippen molar-refractivity contribution in [2.24, 2.45) is 10.4 Å². The number of esters is 1. The lowest BCUT2D eigenvalue weighted by molar-refractivity contribution is -0.137. The number of ether oxygens (including phenoxy) is 2. The molecule has 10 heteroatoms. The Morgan fingerprint density at radius 1 is 1.22 bits per heavy atom. The Morgan fingerprint density at radius 3 is 2.24 bits per heavy atom. The second kappa shape index (κ2) is 13.8. The van der Waals surface area contributed by atoms with Crippen molar-refractivity contribution < 1.29 is 24.2 Å². The molecular formula is C27H42ClI2NO5Si. The minimum absolute atomic E-state index is 0.0475. The van der Waals surface area contributed by atoms with Crippen LogP contribution >= 0.6 is 56.8 Å². The van der Waals surface area contributed by atoms with Gasteiger partial charge in [0.05, 0.1) is 30.9 Å². The van der Waals surface area contributed by atoms with Crippen LogP contribution in [0.15, 0.2) is 16.6 Å². The quantitative estimate of drug-likeness (QED) is 0.0449. The molecule has 2 N–H and O–H groups in total. The van der Waals surface area contributed by atoms with Gasteiger partial charge in [0.2, 0.25) is 0 Å². The first-order valence-electron chi connectivity index (χ1n) is 12.4. The van der Waals surface area contributed by atoms with Gasteiger partial charge in [0.1, 0.15) is 17.1 Å². The van der Waals surface area contributed by atoms with Gasteiger partial charge in [-0.1, -0.05) is 46.2 Å². The zero-order valence-corrected chi connectivity index (χ0v) is 29.7. The summed E-state index contributed by atoms with van der Waals surface area (Å²) in [6.45, 7) is 20.1. The molecule has 1 aromatic carbocycles. The van der Waals surface area contributed by atoms with E-state index in [1.807, 2.05) is 26.9 Å². The predicted molar refractivity (Wildman–Crippen MR) is 174 cm³/mol. The van der Waals surface area contributed by atoms with Crippen LogP contribution in [-0.2, 0) is 9.53 Å². The Labute approximate surface area is 256 Å². The molecule has 6 nitrogen and oxygen atoms in total. The molecule has 1 aromatic rings. The monoisotopic (exact) mass is 777 g/mol. The Bertz CT molecular complexity index is 1030. The van der Waals surface area contributed by atoms with Crippen molar-refractivity contribution in [2.45, 2.75) is 98.5 Å². The standard InChI is InChI=1S/C27H42ClI2NO5Si/c1-11-35-25(33)18(15-31-20(26(4,5)6)12-13-27(7,8)37(9,10)34)23(32)17-14-19(29)24(36-16(2)3)22(30)21(17)28/h14-16,20,32,34H,11-13H2,1-10H3. The number of benzene rings is 1. The fraction of sp³-hybridized carbons (Fsp3) is 0.630. The second-order valence-electron chi connectivity index (χ2n) is 11.7. The molecule has 0 fully saturated rings. The molecule has 0 aliphatic heterocycles. The molecule has 0 saturated carbocycles. The number of carbonyl (C=O) groups is 1. The summed E-state index contributed by atoms with van der Waals surface area (Å²) in [6, 6.07) is 1.54. The van der Waals surface area contributed by atoms with Crippen LogP contribution < -0.4 is 4.74 Å². The molecule has 1 unspecified atom stereocenters. The minimum Gasteiger partial charge on any atom is -0.506 e. The van der Waals surface area contributed by atoms with Gasteiger partial charge in [-0.3, -0.25) is 4.99 Å². The summed E-state index contributed by atoms with van der Waals surface area (Å²) in [5.74, 6) is -0.338. The summed E-state index contributed by atoms with van der Waals surface area (Å²) in [4.78, 5) is 28.4. The summed E-state index contributed by atoms with van der Waals surface area (Å²) in [5.41, 5.74) is 0.0438. The highest BCUT2D eigenvalue weighted by molar-refractivity contribution is 14.1. The van der Waals surface area contributed by atoms with Crippen molar-refractivity contribution in [3.05, 3.63) is 29.4 Å². The Kier molecular flexibility index (Phi) is 12.9. The smallest absolute Gasteiger partial charge is 0.343 e. The van der Waals surface area contributed by atoms with Gasteiger partial charge in [0, 0.05) is 11.8 Å².